The molecular weight excluding hydrogens is 384 g/mol. The lowest BCUT2D eigenvalue weighted by atomic mass is 10.1. The number of carbonyl (C=O) groups excluding carboxylic acids is 1. The fourth-order valence-electron chi connectivity index (χ4n) is 2.23. The Hall–Kier alpha value is -2.34. The third-order valence-corrected chi connectivity index (χ3v) is 3.87. The van der Waals surface area contributed by atoms with Crippen LogP contribution in [0.4, 0.5) is 0 Å². The lowest BCUT2D eigenvalue weighted by Crippen LogP contribution is -2.17. The monoisotopic (exact) mass is 404 g/mol. The maximum Gasteiger partial charge on any atom is 0.271 e. The largest absolute Gasteiger partial charge is 0.490 e. The van der Waals surface area contributed by atoms with Crippen LogP contribution in [0.15, 0.2) is 46.0 Å². The normalized spacial score (nSPS) is 10.7. The van der Waals surface area contributed by atoms with Crippen LogP contribution < -0.4 is 14.9 Å². The second-order valence-corrected chi connectivity index (χ2v) is 6.12. The molecule has 2 rings (SSSR count). The van der Waals surface area contributed by atoms with Gasteiger partial charge in [0.1, 0.15) is 0 Å². The summed E-state index contributed by atoms with van der Waals surface area (Å²) in [5, 5.41) is 4.02. The molecule has 0 spiro atoms. The Morgan fingerprint density at radius 1 is 1.20 bits per heavy atom. The van der Waals surface area contributed by atoms with E-state index in [9.17, 15) is 4.79 Å². The van der Waals surface area contributed by atoms with Crippen LogP contribution in [-0.4, -0.2) is 25.3 Å². The molecule has 5 nitrogen and oxygen atoms in total. The van der Waals surface area contributed by atoms with Gasteiger partial charge in [-0.05, 0) is 66.5 Å². The van der Waals surface area contributed by atoms with Gasteiger partial charge in [0.25, 0.3) is 5.91 Å². The molecule has 0 unspecified atom stereocenters. The first kappa shape index (κ1) is 19.0. The third-order valence-electron chi connectivity index (χ3n) is 3.28. The molecule has 0 saturated heterocycles. The van der Waals surface area contributed by atoms with E-state index in [2.05, 4.69) is 26.5 Å². The number of ether oxygens (including phenoxy) is 2. The molecule has 25 heavy (non-hydrogen) atoms. The number of benzene rings is 2. The highest BCUT2D eigenvalue weighted by Crippen LogP contribution is 2.36. The van der Waals surface area contributed by atoms with Crippen molar-refractivity contribution >= 4 is 28.1 Å². The Bertz CT molecular complexity index is 775. The molecule has 0 aliphatic heterocycles. The van der Waals surface area contributed by atoms with Crippen LogP contribution in [0.3, 0.4) is 0 Å². The summed E-state index contributed by atoms with van der Waals surface area (Å²) in [7, 11) is 0. The fourth-order valence-corrected chi connectivity index (χ4v) is 2.80. The van der Waals surface area contributed by atoms with Crippen LogP contribution >= 0.6 is 15.9 Å². The van der Waals surface area contributed by atoms with Gasteiger partial charge in [0.15, 0.2) is 11.5 Å². The van der Waals surface area contributed by atoms with Gasteiger partial charge in [0, 0.05) is 5.56 Å². The third kappa shape index (κ3) is 5.32. The van der Waals surface area contributed by atoms with Crippen molar-refractivity contribution in [1.29, 1.82) is 0 Å². The van der Waals surface area contributed by atoms with E-state index in [-0.39, 0.29) is 5.91 Å². The zero-order valence-electron chi connectivity index (χ0n) is 14.5. The van der Waals surface area contributed by atoms with Crippen LogP contribution in [0.2, 0.25) is 0 Å². The Morgan fingerprint density at radius 2 is 1.96 bits per heavy atom. The molecule has 132 valence electrons. The zero-order chi connectivity index (χ0) is 18.2. The Balaban J connectivity index is 2.13. The number of carbonyl (C=O) groups is 1. The van der Waals surface area contributed by atoms with Crippen molar-refractivity contribution < 1.29 is 14.3 Å². The van der Waals surface area contributed by atoms with E-state index in [1.54, 1.807) is 12.3 Å². The molecule has 2 aromatic rings. The van der Waals surface area contributed by atoms with Gasteiger partial charge in [0.2, 0.25) is 0 Å². The van der Waals surface area contributed by atoms with E-state index in [4.69, 9.17) is 9.47 Å². The molecule has 1 amide bonds. The van der Waals surface area contributed by atoms with E-state index in [1.165, 1.54) is 0 Å². The second kappa shape index (κ2) is 9.22. The summed E-state index contributed by atoms with van der Waals surface area (Å²) >= 11 is 3.48. The summed E-state index contributed by atoms with van der Waals surface area (Å²) in [4.78, 5) is 12.1. The molecule has 0 aromatic heterocycles. The van der Waals surface area contributed by atoms with Crippen molar-refractivity contribution in [2.24, 2.45) is 5.10 Å². The van der Waals surface area contributed by atoms with Crippen molar-refractivity contribution in [3.63, 3.8) is 0 Å². The molecule has 2 aromatic carbocycles. The Labute approximate surface area is 156 Å². The van der Waals surface area contributed by atoms with Gasteiger partial charge in [-0.25, -0.2) is 5.43 Å². The minimum absolute atomic E-state index is 0.255. The van der Waals surface area contributed by atoms with Gasteiger partial charge in [-0.15, -0.1) is 0 Å². The number of halogens is 1. The number of rotatable bonds is 7. The average Bonchev–Trinajstić information content (AvgIpc) is 2.58. The second-order valence-electron chi connectivity index (χ2n) is 5.26. The van der Waals surface area contributed by atoms with Crippen molar-refractivity contribution in [2.45, 2.75) is 20.8 Å². The minimum atomic E-state index is -0.255. The van der Waals surface area contributed by atoms with Crippen molar-refractivity contribution in [3.8, 4) is 11.5 Å². The summed E-state index contributed by atoms with van der Waals surface area (Å²) in [5.41, 5.74) is 4.90. The molecule has 0 aliphatic rings. The molecule has 0 atom stereocenters. The first-order valence-corrected chi connectivity index (χ1v) is 8.83. The van der Waals surface area contributed by atoms with Gasteiger partial charge in [0.05, 0.1) is 23.9 Å². The van der Waals surface area contributed by atoms with Crippen molar-refractivity contribution in [1.82, 2.24) is 5.43 Å². The average molecular weight is 405 g/mol. The van der Waals surface area contributed by atoms with Crippen LogP contribution in [0, 0.1) is 6.92 Å². The van der Waals surface area contributed by atoms with E-state index in [1.807, 2.05) is 51.1 Å². The molecule has 0 aliphatic carbocycles. The maximum atomic E-state index is 12.1. The molecular formula is C19H21BrN2O3. The maximum absolute atomic E-state index is 12.1. The van der Waals surface area contributed by atoms with E-state index < -0.39 is 0 Å². The van der Waals surface area contributed by atoms with E-state index in [0.717, 1.165) is 15.6 Å². The van der Waals surface area contributed by atoms with Crippen LogP contribution in [0.25, 0.3) is 0 Å². The quantitative estimate of drug-likeness (QED) is 0.552. The number of hydrazone groups is 1. The molecule has 0 fully saturated rings. The van der Waals surface area contributed by atoms with Crippen molar-refractivity contribution in [3.05, 3.63) is 57.6 Å². The summed E-state index contributed by atoms with van der Waals surface area (Å²) in [5.74, 6) is 1.03. The smallest absolute Gasteiger partial charge is 0.271 e. The summed E-state index contributed by atoms with van der Waals surface area (Å²) in [6.07, 6.45) is 1.57. The zero-order valence-corrected chi connectivity index (χ0v) is 16.1. The highest BCUT2D eigenvalue weighted by Gasteiger charge is 2.11. The van der Waals surface area contributed by atoms with Gasteiger partial charge in [-0.1, -0.05) is 17.7 Å². The molecule has 0 bridgehead atoms. The predicted molar refractivity (Wildman–Crippen MR) is 103 cm³/mol. The Kier molecular flexibility index (Phi) is 7.01. The molecule has 0 saturated carbocycles. The van der Waals surface area contributed by atoms with E-state index >= 15 is 0 Å². The summed E-state index contributed by atoms with van der Waals surface area (Å²) in [6, 6.07) is 11.0. The van der Waals surface area contributed by atoms with E-state index in [0.29, 0.717) is 30.3 Å². The number of amides is 1. The Morgan fingerprint density at radius 3 is 2.64 bits per heavy atom. The fraction of sp³-hybridized carbons (Fsp3) is 0.263. The summed E-state index contributed by atoms with van der Waals surface area (Å²) < 4.78 is 12.0. The van der Waals surface area contributed by atoms with Gasteiger partial charge < -0.3 is 9.47 Å². The van der Waals surface area contributed by atoms with Crippen LogP contribution in [0.1, 0.15) is 35.3 Å². The number of hydrogen-bond acceptors (Lipinski definition) is 4. The topological polar surface area (TPSA) is 59.9 Å². The van der Waals surface area contributed by atoms with Gasteiger partial charge in [-0.2, -0.15) is 5.10 Å². The number of hydrogen-bond donors (Lipinski definition) is 1. The highest BCUT2D eigenvalue weighted by atomic mass is 79.9. The molecule has 0 heterocycles. The first-order valence-electron chi connectivity index (χ1n) is 8.04. The number of nitrogens with zero attached hydrogens (tertiary/aromatic N) is 1. The predicted octanol–water partition coefficient (Wildman–Crippen LogP) is 4.32. The minimum Gasteiger partial charge on any atom is -0.490 e. The summed E-state index contributed by atoms with van der Waals surface area (Å²) in [6.45, 7) is 6.83. The van der Waals surface area contributed by atoms with Crippen LogP contribution in [-0.2, 0) is 0 Å². The van der Waals surface area contributed by atoms with Gasteiger partial charge in [-0.3, -0.25) is 4.79 Å². The standard InChI is InChI=1S/C19H21BrN2O3/c1-4-24-17-11-14(10-16(20)18(17)25-5-2)12-21-22-19(23)15-8-6-7-13(3)9-15/h6-12H,4-5H2,1-3H3,(H,22,23)/b21-12-. The van der Waals surface area contributed by atoms with Gasteiger partial charge >= 0.3 is 0 Å². The number of aryl methyl sites for hydroxylation is 1. The number of nitrogens with one attached hydrogen (secondary N) is 1. The SMILES string of the molecule is CCOc1cc(/C=N\NC(=O)c2cccc(C)c2)cc(Br)c1OCC. The molecule has 1 N–H and O–H groups in total. The highest BCUT2D eigenvalue weighted by molar-refractivity contribution is 9.10. The first-order chi connectivity index (χ1) is 12.0. The molecule has 0 radical (unpaired) electrons. The lowest BCUT2D eigenvalue weighted by Gasteiger charge is -2.13. The lowest BCUT2D eigenvalue weighted by molar-refractivity contribution is 0.0955. The molecule has 6 heteroatoms. The van der Waals surface area contributed by atoms with Crippen molar-refractivity contribution in [2.75, 3.05) is 13.2 Å². The van der Waals surface area contributed by atoms with Crippen LogP contribution in [0.5, 0.6) is 11.5 Å².